The van der Waals surface area contributed by atoms with Crippen molar-refractivity contribution in [1.29, 1.82) is 0 Å². The molecule has 7 heteroatoms. The molecule has 2 N–H and O–H groups in total. The summed E-state index contributed by atoms with van der Waals surface area (Å²) in [6.45, 7) is 0. The van der Waals surface area contributed by atoms with Crippen LogP contribution in [0.25, 0.3) is 0 Å². The third kappa shape index (κ3) is 2.93. The quantitative estimate of drug-likeness (QED) is 0.626. The molecule has 1 aromatic heterocycles. The highest BCUT2D eigenvalue weighted by Crippen LogP contribution is 2.20. The van der Waals surface area contributed by atoms with E-state index in [2.05, 4.69) is 4.98 Å². The van der Waals surface area contributed by atoms with Gasteiger partial charge in [-0.15, -0.1) is 0 Å². The van der Waals surface area contributed by atoms with Crippen LogP contribution in [-0.2, 0) is 12.8 Å². The third-order valence-corrected chi connectivity index (χ3v) is 3.61. The van der Waals surface area contributed by atoms with Crippen LogP contribution in [0.4, 0.5) is 4.39 Å². The second kappa shape index (κ2) is 5.56. The van der Waals surface area contributed by atoms with Gasteiger partial charge in [0, 0.05) is 30.7 Å². The Morgan fingerprint density at radius 2 is 2.22 bits per heavy atom. The maximum Gasteiger partial charge on any atom is 0.491 e. The molecule has 0 fully saturated rings. The number of hydrogen-bond acceptors (Lipinski definition) is 4. The van der Waals surface area contributed by atoms with Gasteiger partial charge in [-0.05, 0) is 11.6 Å². The zero-order valence-electron chi connectivity index (χ0n) is 9.75. The lowest BCUT2D eigenvalue weighted by atomic mass is 9.79. The van der Waals surface area contributed by atoms with Gasteiger partial charge in [0.2, 0.25) is 0 Å². The van der Waals surface area contributed by atoms with E-state index in [1.165, 1.54) is 23.9 Å². The minimum absolute atomic E-state index is 0.104. The van der Waals surface area contributed by atoms with Gasteiger partial charge in [0.1, 0.15) is 5.82 Å². The largest absolute Gasteiger partial charge is 0.491 e. The van der Waals surface area contributed by atoms with Crippen molar-refractivity contribution in [1.82, 2.24) is 9.55 Å². The van der Waals surface area contributed by atoms with Crippen LogP contribution in [0.5, 0.6) is 0 Å². The Labute approximate surface area is 109 Å². The van der Waals surface area contributed by atoms with Crippen LogP contribution in [0.2, 0.25) is 0 Å². The Morgan fingerprint density at radius 1 is 1.44 bits per heavy atom. The van der Waals surface area contributed by atoms with Crippen molar-refractivity contribution < 1.29 is 14.4 Å². The molecule has 4 nitrogen and oxygen atoms in total. The number of halogens is 1. The van der Waals surface area contributed by atoms with Crippen molar-refractivity contribution in [3.63, 3.8) is 0 Å². The van der Waals surface area contributed by atoms with Gasteiger partial charge in [-0.2, -0.15) is 0 Å². The fourth-order valence-electron chi connectivity index (χ4n) is 1.52. The number of benzene rings is 1. The van der Waals surface area contributed by atoms with E-state index in [1.54, 1.807) is 12.3 Å². The maximum absolute atomic E-state index is 13.3. The summed E-state index contributed by atoms with van der Waals surface area (Å²) < 4.78 is 15.1. The number of imidazole rings is 1. The summed E-state index contributed by atoms with van der Waals surface area (Å²) in [6.07, 6.45) is 3.55. The van der Waals surface area contributed by atoms with E-state index in [1.807, 2.05) is 17.8 Å². The van der Waals surface area contributed by atoms with Gasteiger partial charge in [-0.3, -0.25) is 0 Å². The third-order valence-electron chi connectivity index (χ3n) is 2.48. The van der Waals surface area contributed by atoms with Crippen molar-refractivity contribution in [2.75, 3.05) is 0 Å². The van der Waals surface area contributed by atoms with Crippen molar-refractivity contribution in [2.45, 2.75) is 10.9 Å². The zero-order chi connectivity index (χ0) is 13.1. The molecule has 0 saturated heterocycles. The highest BCUT2D eigenvalue weighted by atomic mass is 32.2. The Balaban J connectivity index is 2.10. The summed E-state index contributed by atoms with van der Waals surface area (Å²) in [5, 5.41) is 18.9. The molecule has 0 aliphatic carbocycles. The molecule has 2 aromatic rings. The SMILES string of the molecule is Cn1ccnc1SCc1ccc(F)c(B(O)O)c1. The smallest absolute Gasteiger partial charge is 0.423 e. The van der Waals surface area contributed by atoms with Crippen molar-refractivity contribution in [2.24, 2.45) is 7.05 Å². The molecule has 18 heavy (non-hydrogen) atoms. The molecule has 2 rings (SSSR count). The molecule has 0 aliphatic rings. The molecular formula is C11H12BFN2O2S. The first-order valence-corrected chi connectivity index (χ1v) is 6.31. The Hall–Kier alpha value is -1.31. The van der Waals surface area contributed by atoms with E-state index in [0.29, 0.717) is 5.75 Å². The Kier molecular flexibility index (Phi) is 4.06. The zero-order valence-corrected chi connectivity index (χ0v) is 10.6. The first kappa shape index (κ1) is 13.1. The van der Waals surface area contributed by atoms with Crippen molar-refractivity contribution in [3.05, 3.63) is 42.0 Å². The van der Waals surface area contributed by atoms with E-state index in [4.69, 9.17) is 10.0 Å². The number of nitrogens with zero attached hydrogens (tertiary/aromatic N) is 2. The molecule has 0 bridgehead atoms. The molecule has 0 amide bonds. The van der Waals surface area contributed by atoms with E-state index < -0.39 is 12.9 Å². The molecule has 1 heterocycles. The molecule has 0 radical (unpaired) electrons. The topological polar surface area (TPSA) is 58.3 Å². The van der Waals surface area contributed by atoms with Crippen LogP contribution in [0.1, 0.15) is 5.56 Å². The maximum atomic E-state index is 13.3. The molecule has 0 aliphatic heterocycles. The summed E-state index contributed by atoms with van der Waals surface area (Å²) in [5.41, 5.74) is 0.709. The summed E-state index contributed by atoms with van der Waals surface area (Å²) in [4.78, 5) is 4.16. The van der Waals surface area contributed by atoms with Crippen molar-refractivity contribution in [3.8, 4) is 0 Å². The predicted octanol–water partition coefficient (Wildman–Crippen LogP) is 0.531. The summed E-state index contributed by atoms with van der Waals surface area (Å²) in [5.74, 6) is -0.0269. The molecule has 0 saturated carbocycles. The van der Waals surface area contributed by atoms with Crippen LogP contribution in [-0.4, -0.2) is 26.7 Å². The number of rotatable bonds is 4. The fraction of sp³-hybridized carbons (Fsp3) is 0.182. The molecule has 0 atom stereocenters. The minimum atomic E-state index is -1.79. The van der Waals surface area contributed by atoms with Gasteiger partial charge in [-0.25, -0.2) is 9.37 Å². The molecular weight excluding hydrogens is 254 g/mol. The van der Waals surface area contributed by atoms with E-state index in [-0.39, 0.29) is 5.46 Å². The Bertz CT molecular complexity index is 548. The standard InChI is InChI=1S/C11H12BFN2O2S/c1-15-5-4-14-11(15)18-7-8-2-3-10(13)9(6-8)12(16)17/h2-6,16-17H,7H2,1H3. The monoisotopic (exact) mass is 266 g/mol. The van der Waals surface area contributed by atoms with Crippen LogP contribution in [0.15, 0.2) is 35.7 Å². The lowest BCUT2D eigenvalue weighted by Crippen LogP contribution is -2.33. The van der Waals surface area contributed by atoms with Gasteiger partial charge in [0.15, 0.2) is 5.16 Å². The summed E-state index contributed by atoms with van der Waals surface area (Å²) in [7, 11) is 0.103. The van der Waals surface area contributed by atoms with Gasteiger partial charge < -0.3 is 14.6 Å². The lowest BCUT2D eigenvalue weighted by Gasteiger charge is -2.06. The second-order valence-corrected chi connectivity index (χ2v) is 4.78. The highest BCUT2D eigenvalue weighted by molar-refractivity contribution is 7.98. The van der Waals surface area contributed by atoms with E-state index in [0.717, 1.165) is 10.7 Å². The van der Waals surface area contributed by atoms with E-state index >= 15 is 0 Å². The van der Waals surface area contributed by atoms with Gasteiger partial charge in [0.05, 0.1) is 0 Å². The van der Waals surface area contributed by atoms with Crippen LogP contribution in [0, 0.1) is 5.82 Å². The van der Waals surface area contributed by atoms with Crippen molar-refractivity contribution >= 4 is 24.3 Å². The van der Waals surface area contributed by atoms with Crippen LogP contribution in [0.3, 0.4) is 0 Å². The number of aromatic nitrogens is 2. The fourth-order valence-corrected chi connectivity index (χ4v) is 2.39. The van der Waals surface area contributed by atoms with E-state index in [9.17, 15) is 4.39 Å². The highest BCUT2D eigenvalue weighted by Gasteiger charge is 2.16. The Morgan fingerprint density at radius 3 is 2.83 bits per heavy atom. The minimum Gasteiger partial charge on any atom is -0.423 e. The number of aryl methyl sites for hydroxylation is 1. The normalized spacial score (nSPS) is 10.7. The molecule has 0 unspecified atom stereocenters. The summed E-state index contributed by atoms with van der Waals surface area (Å²) >= 11 is 1.50. The molecule has 0 spiro atoms. The van der Waals surface area contributed by atoms with Crippen LogP contribution >= 0.6 is 11.8 Å². The van der Waals surface area contributed by atoms with Crippen LogP contribution < -0.4 is 5.46 Å². The lowest BCUT2D eigenvalue weighted by molar-refractivity contribution is 0.423. The number of thioether (sulfide) groups is 1. The summed E-state index contributed by atoms with van der Waals surface area (Å²) in [6, 6.07) is 4.32. The first-order chi connectivity index (χ1) is 8.58. The predicted molar refractivity (Wildman–Crippen MR) is 69.0 cm³/mol. The molecule has 1 aromatic carbocycles. The van der Waals surface area contributed by atoms with Gasteiger partial charge >= 0.3 is 7.12 Å². The second-order valence-electron chi connectivity index (χ2n) is 3.84. The van der Waals surface area contributed by atoms with Gasteiger partial charge in [0.25, 0.3) is 0 Å². The average molecular weight is 266 g/mol. The average Bonchev–Trinajstić information content (AvgIpc) is 2.73. The molecule has 94 valence electrons. The first-order valence-electron chi connectivity index (χ1n) is 5.32. The van der Waals surface area contributed by atoms with Gasteiger partial charge in [-0.1, -0.05) is 23.9 Å². The number of hydrogen-bond donors (Lipinski definition) is 2.